The molecule has 0 spiro atoms. The van der Waals surface area contributed by atoms with Crippen molar-refractivity contribution >= 4 is 21.6 Å². The fourth-order valence-electron chi connectivity index (χ4n) is 1.42. The molecule has 0 unspecified atom stereocenters. The molecule has 0 aliphatic heterocycles. The highest BCUT2D eigenvalue weighted by Gasteiger charge is 2.12. The molecule has 0 saturated heterocycles. The number of rotatable bonds is 8. The van der Waals surface area contributed by atoms with Gasteiger partial charge in [0.05, 0.1) is 10.6 Å². The average Bonchev–Trinajstić information content (AvgIpc) is 2.35. The number of hydrogen-bond acceptors (Lipinski definition) is 4. The SMILES string of the molecule is CSCCCNCCS(=O)(=O)c1ccccc1. The topological polar surface area (TPSA) is 46.2 Å². The third kappa shape index (κ3) is 5.57. The van der Waals surface area contributed by atoms with Gasteiger partial charge in [-0.25, -0.2) is 8.42 Å². The maximum absolute atomic E-state index is 11.9. The van der Waals surface area contributed by atoms with Crippen molar-refractivity contribution in [3.63, 3.8) is 0 Å². The summed E-state index contributed by atoms with van der Waals surface area (Å²) in [6, 6.07) is 8.60. The second-order valence-corrected chi connectivity index (χ2v) is 6.82. The first-order chi connectivity index (χ1) is 8.17. The molecule has 1 aromatic rings. The maximum atomic E-state index is 11.9. The summed E-state index contributed by atoms with van der Waals surface area (Å²) in [4.78, 5) is 0.408. The lowest BCUT2D eigenvalue weighted by atomic mass is 10.4. The molecule has 0 atom stereocenters. The van der Waals surface area contributed by atoms with Crippen molar-refractivity contribution in [2.45, 2.75) is 11.3 Å². The molecule has 0 amide bonds. The van der Waals surface area contributed by atoms with Crippen LogP contribution in [0.25, 0.3) is 0 Å². The summed E-state index contributed by atoms with van der Waals surface area (Å²) in [6.45, 7) is 1.40. The molecule has 17 heavy (non-hydrogen) atoms. The molecule has 0 radical (unpaired) electrons. The highest BCUT2D eigenvalue weighted by Crippen LogP contribution is 2.09. The fourth-order valence-corrected chi connectivity index (χ4v) is 3.07. The Balaban J connectivity index is 2.31. The summed E-state index contributed by atoms with van der Waals surface area (Å²) < 4.78 is 23.8. The predicted molar refractivity (Wildman–Crippen MR) is 74.4 cm³/mol. The molecular weight excluding hydrogens is 254 g/mol. The van der Waals surface area contributed by atoms with E-state index in [9.17, 15) is 8.42 Å². The van der Waals surface area contributed by atoms with Gasteiger partial charge in [-0.3, -0.25) is 0 Å². The molecule has 1 aromatic carbocycles. The van der Waals surface area contributed by atoms with Gasteiger partial charge in [0.1, 0.15) is 0 Å². The summed E-state index contributed by atoms with van der Waals surface area (Å²) in [5, 5.41) is 3.15. The van der Waals surface area contributed by atoms with Crippen LogP contribution < -0.4 is 5.32 Å². The third-order valence-electron chi connectivity index (χ3n) is 2.35. The molecule has 0 bridgehead atoms. The van der Waals surface area contributed by atoms with Crippen molar-refractivity contribution < 1.29 is 8.42 Å². The molecule has 0 aliphatic rings. The second-order valence-electron chi connectivity index (χ2n) is 3.73. The number of benzene rings is 1. The van der Waals surface area contributed by atoms with Gasteiger partial charge in [0.25, 0.3) is 0 Å². The van der Waals surface area contributed by atoms with Crippen LogP contribution in [-0.4, -0.2) is 39.3 Å². The Bertz CT molecular complexity index is 404. The van der Waals surface area contributed by atoms with Gasteiger partial charge in [-0.2, -0.15) is 11.8 Å². The standard InChI is InChI=1S/C12H19NO2S2/c1-16-10-5-8-13-9-11-17(14,15)12-6-3-2-4-7-12/h2-4,6-7,13H,5,8-11H2,1H3. The molecule has 0 aromatic heterocycles. The van der Waals surface area contributed by atoms with E-state index in [1.807, 2.05) is 6.07 Å². The minimum Gasteiger partial charge on any atom is -0.316 e. The molecular formula is C12H19NO2S2. The largest absolute Gasteiger partial charge is 0.316 e. The Kier molecular flexibility index (Phi) is 6.62. The quantitative estimate of drug-likeness (QED) is 0.734. The van der Waals surface area contributed by atoms with Gasteiger partial charge >= 0.3 is 0 Å². The van der Waals surface area contributed by atoms with Crippen molar-refractivity contribution in [2.75, 3.05) is 30.9 Å². The lowest BCUT2D eigenvalue weighted by Crippen LogP contribution is -2.24. The molecule has 3 nitrogen and oxygen atoms in total. The van der Waals surface area contributed by atoms with Crippen molar-refractivity contribution in [1.29, 1.82) is 0 Å². The summed E-state index contributed by atoms with van der Waals surface area (Å²) in [7, 11) is -3.12. The minimum absolute atomic E-state index is 0.163. The summed E-state index contributed by atoms with van der Waals surface area (Å²) in [5.41, 5.74) is 0. The van der Waals surface area contributed by atoms with Crippen LogP contribution in [0, 0.1) is 0 Å². The van der Waals surface area contributed by atoms with Gasteiger partial charge in [-0.15, -0.1) is 0 Å². The average molecular weight is 273 g/mol. The van der Waals surface area contributed by atoms with Crippen LogP contribution in [0.1, 0.15) is 6.42 Å². The lowest BCUT2D eigenvalue weighted by molar-refractivity contribution is 0.590. The first-order valence-corrected chi connectivity index (χ1v) is 8.69. The van der Waals surface area contributed by atoms with Crippen LogP contribution in [0.3, 0.4) is 0 Å². The first kappa shape index (κ1) is 14.5. The van der Waals surface area contributed by atoms with Crippen LogP contribution in [0.5, 0.6) is 0 Å². The maximum Gasteiger partial charge on any atom is 0.179 e. The Morgan fingerprint density at radius 3 is 2.53 bits per heavy atom. The highest BCUT2D eigenvalue weighted by molar-refractivity contribution is 7.98. The van der Waals surface area contributed by atoms with Crippen LogP contribution in [0.2, 0.25) is 0 Å². The minimum atomic E-state index is -3.12. The molecule has 0 saturated carbocycles. The zero-order valence-corrected chi connectivity index (χ0v) is 11.7. The third-order valence-corrected chi connectivity index (χ3v) is 4.78. The lowest BCUT2D eigenvalue weighted by Gasteiger charge is -2.05. The summed E-state index contributed by atoms with van der Waals surface area (Å²) in [6.07, 6.45) is 3.15. The Morgan fingerprint density at radius 1 is 1.18 bits per heavy atom. The van der Waals surface area contributed by atoms with Gasteiger partial charge < -0.3 is 5.32 Å². The molecule has 0 aliphatic carbocycles. The van der Waals surface area contributed by atoms with E-state index in [0.29, 0.717) is 11.4 Å². The number of sulfone groups is 1. The van der Waals surface area contributed by atoms with Gasteiger partial charge in [0.15, 0.2) is 9.84 Å². The van der Waals surface area contributed by atoms with E-state index in [1.54, 1.807) is 36.0 Å². The van der Waals surface area contributed by atoms with Crippen LogP contribution >= 0.6 is 11.8 Å². The molecule has 0 heterocycles. The van der Waals surface area contributed by atoms with E-state index in [-0.39, 0.29) is 5.75 Å². The Hall–Kier alpha value is -0.520. The first-order valence-electron chi connectivity index (χ1n) is 5.64. The van der Waals surface area contributed by atoms with Crippen molar-refractivity contribution in [3.8, 4) is 0 Å². The van der Waals surface area contributed by atoms with Gasteiger partial charge in [-0.05, 0) is 37.1 Å². The van der Waals surface area contributed by atoms with E-state index in [4.69, 9.17) is 0 Å². The second kappa shape index (κ2) is 7.74. The van der Waals surface area contributed by atoms with E-state index < -0.39 is 9.84 Å². The van der Waals surface area contributed by atoms with Crippen molar-refractivity contribution in [1.82, 2.24) is 5.32 Å². The van der Waals surface area contributed by atoms with Crippen LogP contribution in [0.4, 0.5) is 0 Å². The van der Waals surface area contributed by atoms with Crippen LogP contribution in [-0.2, 0) is 9.84 Å². The number of thioether (sulfide) groups is 1. The molecule has 1 N–H and O–H groups in total. The zero-order valence-electron chi connectivity index (χ0n) is 10.1. The smallest absolute Gasteiger partial charge is 0.179 e. The zero-order chi connectivity index (χ0) is 12.6. The summed E-state index contributed by atoms with van der Waals surface area (Å²) >= 11 is 1.80. The van der Waals surface area contributed by atoms with Crippen LogP contribution in [0.15, 0.2) is 35.2 Å². The number of nitrogens with one attached hydrogen (secondary N) is 1. The van der Waals surface area contributed by atoms with E-state index >= 15 is 0 Å². The Labute approximate surface area is 108 Å². The Morgan fingerprint density at radius 2 is 1.88 bits per heavy atom. The normalized spacial score (nSPS) is 11.6. The van der Waals surface area contributed by atoms with Gasteiger partial charge in [0, 0.05) is 6.54 Å². The molecule has 5 heteroatoms. The molecule has 96 valence electrons. The van der Waals surface area contributed by atoms with Gasteiger partial charge in [-0.1, -0.05) is 18.2 Å². The predicted octanol–water partition coefficient (Wildman–Crippen LogP) is 1.80. The van der Waals surface area contributed by atoms with Crippen molar-refractivity contribution in [2.24, 2.45) is 0 Å². The van der Waals surface area contributed by atoms with E-state index in [1.165, 1.54) is 0 Å². The highest BCUT2D eigenvalue weighted by atomic mass is 32.2. The summed E-state index contributed by atoms with van der Waals surface area (Å²) in [5.74, 6) is 1.27. The van der Waals surface area contributed by atoms with E-state index in [0.717, 1.165) is 18.7 Å². The monoisotopic (exact) mass is 273 g/mol. The molecule has 1 rings (SSSR count). The fraction of sp³-hybridized carbons (Fsp3) is 0.500. The van der Waals surface area contributed by atoms with Crippen molar-refractivity contribution in [3.05, 3.63) is 30.3 Å². The van der Waals surface area contributed by atoms with E-state index in [2.05, 4.69) is 11.6 Å². The number of hydrogen-bond donors (Lipinski definition) is 1. The van der Waals surface area contributed by atoms with Gasteiger partial charge in [0.2, 0.25) is 0 Å². The molecule has 0 fully saturated rings.